The molecule has 1 aromatic carbocycles. The molecule has 0 spiro atoms. The van der Waals surface area contributed by atoms with Crippen molar-refractivity contribution in [2.75, 3.05) is 0 Å². The Bertz CT molecular complexity index is 332. The van der Waals surface area contributed by atoms with E-state index in [-0.39, 0.29) is 0 Å². The van der Waals surface area contributed by atoms with Crippen LogP contribution >= 0.6 is 0 Å². The molecular formula is C7H3NOSe2. The second kappa shape index (κ2) is 2.89. The van der Waals surface area contributed by atoms with Crippen molar-refractivity contribution in [2.45, 2.75) is 0 Å². The summed E-state index contributed by atoms with van der Waals surface area (Å²) in [5.74, 6) is 0.776. The fraction of sp³-hybridized carbons (Fsp3) is 0. The SMILES string of the molecule is N#COc1cc2ccc1[Se][Se]2. The average molecular weight is 275 g/mol. The van der Waals surface area contributed by atoms with E-state index in [2.05, 4.69) is 12.1 Å². The Morgan fingerprint density at radius 2 is 2.27 bits per heavy atom. The molecule has 0 radical (unpaired) electrons. The standard InChI is InChI=1S/C7H3NOSe2/c8-4-9-6-3-5-1-2-7(6)11-10-5/h1-3H. The van der Waals surface area contributed by atoms with Crippen molar-refractivity contribution < 1.29 is 4.74 Å². The van der Waals surface area contributed by atoms with E-state index in [4.69, 9.17) is 10.00 Å². The second-order valence-electron chi connectivity index (χ2n) is 1.97. The van der Waals surface area contributed by atoms with Gasteiger partial charge in [0.25, 0.3) is 0 Å². The first-order chi connectivity index (χ1) is 5.40. The van der Waals surface area contributed by atoms with Gasteiger partial charge in [-0.2, -0.15) is 0 Å². The van der Waals surface area contributed by atoms with Crippen molar-refractivity contribution in [2.24, 2.45) is 0 Å². The van der Waals surface area contributed by atoms with Gasteiger partial charge in [0.15, 0.2) is 0 Å². The zero-order valence-electron chi connectivity index (χ0n) is 5.40. The van der Waals surface area contributed by atoms with E-state index in [1.165, 1.54) is 8.92 Å². The molecule has 2 aliphatic heterocycles. The molecule has 0 saturated heterocycles. The van der Waals surface area contributed by atoms with Gasteiger partial charge in [-0.05, 0) is 0 Å². The molecular weight excluding hydrogens is 272 g/mol. The van der Waals surface area contributed by atoms with Gasteiger partial charge in [-0.3, -0.25) is 0 Å². The summed E-state index contributed by atoms with van der Waals surface area (Å²) in [6.45, 7) is 0. The Kier molecular flexibility index (Phi) is 1.89. The quantitative estimate of drug-likeness (QED) is 0.493. The number of benzene rings is 1. The number of fused-ring (bicyclic) bond motifs is 3. The second-order valence-corrected chi connectivity index (χ2v) is 8.21. The van der Waals surface area contributed by atoms with Crippen molar-refractivity contribution in [3.05, 3.63) is 18.2 Å². The minimum absolute atomic E-state index is 0.554. The zero-order chi connectivity index (χ0) is 7.68. The molecule has 0 fully saturated rings. The first-order valence-electron chi connectivity index (χ1n) is 2.94. The number of ether oxygens (including phenoxy) is 1. The Labute approximate surface area is 75.4 Å². The van der Waals surface area contributed by atoms with Gasteiger partial charge in [0.1, 0.15) is 0 Å². The molecule has 4 heteroatoms. The van der Waals surface area contributed by atoms with Crippen LogP contribution in [0, 0.1) is 11.5 Å². The monoisotopic (exact) mass is 277 g/mol. The normalized spacial score (nSPS) is 12.6. The van der Waals surface area contributed by atoms with Crippen LogP contribution in [0.4, 0.5) is 0 Å². The Balaban J connectivity index is 2.45. The summed E-state index contributed by atoms with van der Waals surface area (Å²) < 4.78 is 7.38. The molecule has 0 amide bonds. The molecule has 0 aliphatic carbocycles. The third-order valence-electron chi connectivity index (χ3n) is 1.30. The maximum absolute atomic E-state index is 8.30. The average Bonchev–Trinajstić information content (AvgIpc) is 2.07. The number of rotatable bonds is 1. The van der Waals surface area contributed by atoms with Crippen LogP contribution in [0.1, 0.15) is 0 Å². The molecule has 2 heterocycles. The van der Waals surface area contributed by atoms with Crippen LogP contribution in [0.25, 0.3) is 0 Å². The van der Waals surface area contributed by atoms with Gasteiger partial charge >= 0.3 is 75.4 Å². The number of hydrogen-bond acceptors (Lipinski definition) is 2. The van der Waals surface area contributed by atoms with Gasteiger partial charge in [-0.1, -0.05) is 0 Å². The summed E-state index contributed by atoms with van der Waals surface area (Å²) in [5, 5.41) is 8.30. The van der Waals surface area contributed by atoms with Gasteiger partial charge in [-0.25, -0.2) is 0 Å². The van der Waals surface area contributed by atoms with Crippen molar-refractivity contribution in [3.8, 4) is 12.0 Å². The number of nitrogens with zero attached hydrogens (tertiary/aromatic N) is 1. The minimum atomic E-state index is 0.554. The van der Waals surface area contributed by atoms with E-state index in [9.17, 15) is 0 Å². The molecule has 3 rings (SSSR count). The van der Waals surface area contributed by atoms with Crippen LogP contribution in [-0.2, 0) is 0 Å². The molecule has 2 aliphatic rings. The zero-order valence-corrected chi connectivity index (χ0v) is 8.83. The summed E-state index contributed by atoms with van der Waals surface area (Å²) in [6.07, 6.45) is 1.70. The summed E-state index contributed by atoms with van der Waals surface area (Å²) in [5.41, 5.74) is 0. The van der Waals surface area contributed by atoms with E-state index >= 15 is 0 Å². The Morgan fingerprint density at radius 1 is 1.36 bits per heavy atom. The third kappa shape index (κ3) is 1.29. The van der Waals surface area contributed by atoms with Crippen molar-refractivity contribution in [1.82, 2.24) is 0 Å². The van der Waals surface area contributed by atoms with Crippen LogP contribution < -0.4 is 13.7 Å². The van der Waals surface area contributed by atoms with Crippen molar-refractivity contribution in [1.29, 1.82) is 5.26 Å². The Hall–Kier alpha value is -0.451. The van der Waals surface area contributed by atoms with Gasteiger partial charge in [0, 0.05) is 0 Å². The van der Waals surface area contributed by atoms with E-state index in [1.807, 2.05) is 6.07 Å². The van der Waals surface area contributed by atoms with Crippen LogP contribution in [0.5, 0.6) is 5.75 Å². The first kappa shape index (κ1) is 7.21. The predicted octanol–water partition coefficient (Wildman–Crippen LogP) is -0.866. The Morgan fingerprint density at radius 3 is 2.73 bits per heavy atom. The molecule has 0 N–H and O–H groups in total. The molecule has 0 saturated carbocycles. The van der Waals surface area contributed by atoms with Crippen molar-refractivity contribution in [3.63, 3.8) is 0 Å². The van der Waals surface area contributed by atoms with Crippen LogP contribution in [0.15, 0.2) is 18.2 Å². The predicted molar refractivity (Wildman–Crippen MR) is 43.5 cm³/mol. The van der Waals surface area contributed by atoms with Gasteiger partial charge in [-0.15, -0.1) is 0 Å². The van der Waals surface area contributed by atoms with E-state index in [1.54, 1.807) is 6.26 Å². The molecule has 1 aromatic rings. The van der Waals surface area contributed by atoms with Gasteiger partial charge in [0.2, 0.25) is 0 Å². The molecule has 54 valence electrons. The topological polar surface area (TPSA) is 33.0 Å². The van der Waals surface area contributed by atoms with Crippen LogP contribution in [0.3, 0.4) is 0 Å². The molecule has 0 unspecified atom stereocenters. The molecule has 2 bridgehead atoms. The fourth-order valence-electron chi connectivity index (χ4n) is 0.831. The molecule has 0 aromatic heterocycles. The van der Waals surface area contributed by atoms with Gasteiger partial charge < -0.3 is 0 Å². The van der Waals surface area contributed by atoms with Crippen LogP contribution in [-0.4, -0.2) is 26.3 Å². The van der Waals surface area contributed by atoms with E-state index in [0.29, 0.717) is 26.3 Å². The summed E-state index contributed by atoms with van der Waals surface area (Å²) in [4.78, 5) is 0. The van der Waals surface area contributed by atoms with E-state index in [0.717, 1.165) is 5.75 Å². The molecule has 0 atom stereocenters. The number of nitriles is 1. The van der Waals surface area contributed by atoms with Gasteiger partial charge in [0.05, 0.1) is 0 Å². The molecule has 11 heavy (non-hydrogen) atoms. The summed E-state index contributed by atoms with van der Waals surface area (Å²) >= 11 is 1.19. The summed E-state index contributed by atoms with van der Waals surface area (Å²) in [6, 6.07) is 6.15. The van der Waals surface area contributed by atoms with Crippen molar-refractivity contribution >= 4 is 35.2 Å². The third-order valence-corrected chi connectivity index (χ3v) is 8.46. The fourth-order valence-corrected chi connectivity index (χ4v) is 7.11. The first-order valence-corrected chi connectivity index (χ1v) is 8.99. The number of hydrogen-bond donors (Lipinski definition) is 0. The summed E-state index contributed by atoms with van der Waals surface area (Å²) in [7, 11) is 0. The molecule has 2 nitrogen and oxygen atoms in total. The maximum atomic E-state index is 8.30. The van der Waals surface area contributed by atoms with E-state index < -0.39 is 0 Å². The van der Waals surface area contributed by atoms with Crippen LogP contribution in [0.2, 0.25) is 0 Å².